The third-order valence-electron chi connectivity index (χ3n) is 2.55. The number of para-hydroxylation sites is 1. The zero-order chi connectivity index (χ0) is 11.8. The van der Waals surface area contributed by atoms with Gasteiger partial charge in [-0.05, 0) is 12.1 Å². The summed E-state index contributed by atoms with van der Waals surface area (Å²) in [5.74, 6) is -0.120. The fourth-order valence-corrected chi connectivity index (χ4v) is 2.81. The van der Waals surface area contributed by atoms with E-state index in [0.717, 1.165) is 16.5 Å². The Morgan fingerprint density at radius 3 is 2.88 bits per heavy atom. The average molecular weight is 260 g/mol. The van der Waals surface area contributed by atoms with Crippen LogP contribution in [0.15, 0.2) is 35.4 Å². The number of aromatic amines is 1. The molecule has 2 heterocycles. The Morgan fingerprint density at radius 1 is 1.29 bits per heavy atom. The highest BCUT2D eigenvalue weighted by molar-refractivity contribution is 8.26. The van der Waals surface area contributed by atoms with Crippen molar-refractivity contribution in [3.8, 4) is 0 Å². The molecule has 3 nitrogen and oxygen atoms in total. The molecule has 17 heavy (non-hydrogen) atoms. The lowest BCUT2D eigenvalue weighted by Crippen LogP contribution is -2.17. The fraction of sp³-hybridized carbons (Fsp3) is 0. The van der Waals surface area contributed by atoms with Gasteiger partial charge in [-0.25, -0.2) is 0 Å². The maximum absolute atomic E-state index is 11.5. The molecule has 0 radical (unpaired) electrons. The SMILES string of the molecule is O=C1NC(=S)S/C1=C/c1c[nH]c2ccccc12. The first-order valence-corrected chi connectivity index (χ1v) is 6.27. The lowest BCUT2D eigenvalue weighted by atomic mass is 10.1. The van der Waals surface area contributed by atoms with Crippen LogP contribution in [0.2, 0.25) is 0 Å². The number of carbonyl (C=O) groups is 1. The van der Waals surface area contributed by atoms with Crippen molar-refractivity contribution in [2.24, 2.45) is 0 Å². The molecule has 2 N–H and O–H groups in total. The Balaban J connectivity index is 2.08. The van der Waals surface area contributed by atoms with Gasteiger partial charge in [0.1, 0.15) is 4.32 Å². The van der Waals surface area contributed by atoms with Gasteiger partial charge in [-0.3, -0.25) is 4.79 Å². The maximum atomic E-state index is 11.5. The quantitative estimate of drug-likeness (QED) is 0.612. The van der Waals surface area contributed by atoms with Crippen LogP contribution in [-0.2, 0) is 4.79 Å². The number of hydrogen-bond donors (Lipinski definition) is 2. The number of hydrogen-bond acceptors (Lipinski definition) is 3. The summed E-state index contributed by atoms with van der Waals surface area (Å²) >= 11 is 6.25. The Kier molecular flexibility index (Phi) is 2.49. The van der Waals surface area contributed by atoms with E-state index in [0.29, 0.717) is 9.23 Å². The molecule has 1 aliphatic heterocycles. The average Bonchev–Trinajstić information content (AvgIpc) is 2.85. The highest BCUT2D eigenvalue weighted by Crippen LogP contribution is 2.28. The van der Waals surface area contributed by atoms with Gasteiger partial charge in [0.25, 0.3) is 5.91 Å². The van der Waals surface area contributed by atoms with E-state index in [9.17, 15) is 4.79 Å². The second-order valence-electron chi connectivity index (χ2n) is 3.64. The number of aromatic nitrogens is 1. The molecule has 1 aromatic heterocycles. The van der Waals surface area contributed by atoms with Gasteiger partial charge in [0.15, 0.2) is 0 Å². The number of H-pyrrole nitrogens is 1. The van der Waals surface area contributed by atoms with E-state index in [1.54, 1.807) is 0 Å². The first-order chi connectivity index (χ1) is 8.24. The van der Waals surface area contributed by atoms with Crippen molar-refractivity contribution in [1.29, 1.82) is 0 Å². The molecule has 1 fully saturated rings. The number of thiocarbonyl (C=S) groups is 1. The van der Waals surface area contributed by atoms with Crippen molar-refractivity contribution in [3.63, 3.8) is 0 Å². The van der Waals surface area contributed by atoms with Crippen LogP contribution in [0.4, 0.5) is 0 Å². The van der Waals surface area contributed by atoms with Crippen molar-refractivity contribution < 1.29 is 4.79 Å². The minimum Gasteiger partial charge on any atom is -0.361 e. The smallest absolute Gasteiger partial charge is 0.263 e. The molecule has 0 bridgehead atoms. The molecule has 0 unspecified atom stereocenters. The van der Waals surface area contributed by atoms with Crippen LogP contribution in [0, 0.1) is 0 Å². The Labute approximate surface area is 107 Å². The molecule has 1 saturated heterocycles. The first kappa shape index (κ1) is 10.6. The van der Waals surface area contributed by atoms with Gasteiger partial charge in [-0.1, -0.05) is 42.2 Å². The minimum absolute atomic E-state index is 0.120. The molecule has 0 aliphatic carbocycles. The van der Waals surface area contributed by atoms with Crippen LogP contribution in [0.5, 0.6) is 0 Å². The van der Waals surface area contributed by atoms with Crippen molar-refractivity contribution in [2.45, 2.75) is 0 Å². The molecule has 0 atom stereocenters. The molecule has 3 rings (SSSR count). The van der Waals surface area contributed by atoms with E-state index in [-0.39, 0.29) is 5.91 Å². The standard InChI is InChI=1S/C12H8N2OS2/c15-11-10(17-12(16)14-11)5-7-6-13-9-4-2-1-3-8(7)9/h1-6,13H,(H,14,15,16)/b10-5+. The topological polar surface area (TPSA) is 44.9 Å². The maximum Gasteiger partial charge on any atom is 0.263 e. The number of rotatable bonds is 1. The number of thioether (sulfide) groups is 1. The molecule has 0 saturated carbocycles. The molecule has 1 aliphatic rings. The molecule has 84 valence electrons. The Bertz CT molecular complexity index is 657. The summed E-state index contributed by atoms with van der Waals surface area (Å²) in [6, 6.07) is 7.98. The number of benzene rings is 1. The van der Waals surface area contributed by atoms with Crippen molar-refractivity contribution in [2.75, 3.05) is 0 Å². The molecule has 1 amide bonds. The van der Waals surface area contributed by atoms with Crippen molar-refractivity contribution in [3.05, 3.63) is 40.9 Å². The Morgan fingerprint density at radius 2 is 2.12 bits per heavy atom. The number of amides is 1. The van der Waals surface area contributed by atoms with Gasteiger partial charge >= 0.3 is 0 Å². The van der Waals surface area contributed by atoms with Gasteiger partial charge in [0.2, 0.25) is 0 Å². The third-order valence-corrected chi connectivity index (χ3v) is 3.71. The summed E-state index contributed by atoms with van der Waals surface area (Å²) in [5.41, 5.74) is 2.06. The summed E-state index contributed by atoms with van der Waals surface area (Å²) < 4.78 is 0.515. The van der Waals surface area contributed by atoms with Crippen LogP contribution in [0.1, 0.15) is 5.56 Å². The van der Waals surface area contributed by atoms with Gasteiger partial charge < -0.3 is 10.3 Å². The monoisotopic (exact) mass is 260 g/mol. The summed E-state index contributed by atoms with van der Waals surface area (Å²) in [5, 5.41) is 3.71. The predicted molar refractivity (Wildman–Crippen MR) is 74.6 cm³/mol. The van der Waals surface area contributed by atoms with E-state index < -0.39 is 0 Å². The predicted octanol–water partition coefficient (Wildman–Crippen LogP) is 2.66. The van der Waals surface area contributed by atoms with Crippen LogP contribution in [0.25, 0.3) is 17.0 Å². The second kappa shape index (κ2) is 4.01. The molecular weight excluding hydrogens is 252 g/mol. The van der Waals surface area contributed by atoms with Gasteiger partial charge in [-0.2, -0.15) is 0 Å². The zero-order valence-corrected chi connectivity index (χ0v) is 10.3. The number of carbonyl (C=O) groups excluding carboxylic acids is 1. The van der Waals surface area contributed by atoms with E-state index >= 15 is 0 Å². The summed E-state index contributed by atoms with van der Waals surface area (Å²) in [7, 11) is 0. The van der Waals surface area contributed by atoms with Crippen LogP contribution in [0.3, 0.4) is 0 Å². The fourth-order valence-electron chi connectivity index (χ4n) is 1.78. The third kappa shape index (κ3) is 1.87. The summed E-state index contributed by atoms with van der Waals surface area (Å²) in [6.45, 7) is 0. The van der Waals surface area contributed by atoms with Crippen molar-refractivity contribution >= 4 is 51.2 Å². The lowest BCUT2D eigenvalue weighted by molar-refractivity contribution is -0.115. The first-order valence-electron chi connectivity index (χ1n) is 5.05. The van der Waals surface area contributed by atoms with E-state index in [2.05, 4.69) is 10.3 Å². The molecular formula is C12H8N2OS2. The minimum atomic E-state index is -0.120. The molecule has 1 aromatic carbocycles. The molecule has 2 aromatic rings. The molecule has 0 spiro atoms. The Hall–Kier alpha value is -1.59. The molecule has 5 heteroatoms. The lowest BCUT2D eigenvalue weighted by Gasteiger charge is -1.92. The zero-order valence-electron chi connectivity index (χ0n) is 8.69. The van der Waals surface area contributed by atoms with Crippen molar-refractivity contribution in [1.82, 2.24) is 10.3 Å². The van der Waals surface area contributed by atoms with Crippen LogP contribution in [-0.4, -0.2) is 15.2 Å². The largest absolute Gasteiger partial charge is 0.361 e. The number of fused-ring (bicyclic) bond motifs is 1. The van der Waals surface area contributed by atoms with E-state index in [4.69, 9.17) is 12.2 Å². The summed E-state index contributed by atoms with van der Waals surface area (Å²) in [6.07, 6.45) is 3.75. The highest BCUT2D eigenvalue weighted by Gasteiger charge is 2.22. The van der Waals surface area contributed by atoms with Gasteiger partial charge in [0, 0.05) is 22.7 Å². The van der Waals surface area contributed by atoms with Gasteiger partial charge in [-0.15, -0.1) is 0 Å². The highest BCUT2D eigenvalue weighted by atomic mass is 32.2. The normalized spacial score (nSPS) is 18.0. The second-order valence-corrected chi connectivity index (χ2v) is 5.36. The van der Waals surface area contributed by atoms with Gasteiger partial charge in [0.05, 0.1) is 4.91 Å². The van der Waals surface area contributed by atoms with E-state index in [1.165, 1.54) is 11.8 Å². The summed E-state index contributed by atoms with van der Waals surface area (Å²) in [4.78, 5) is 15.4. The van der Waals surface area contributed by atoms with E-state index in [1.807, 2.05) is 36.5 Å². The number of nitrogens with one attached hydrogen (secondary N) is 2. The van der Waals surface area contributed by atoms with Crippen LogP contribution >= 0.6 is 24.0 Å². The van der Waals surface area contributed by atoms with Crippen LogP contribution < -0.4 is 5.32 Å².